The number of urea groups is 1. The van der Waals surface area contributed by atoms with Gasteiger partial charge < -0.3 is 15.3 Å². The van der Waals surface area contributed by atoms with E-state index in [0.717, 1.165) is 0 Å². The van der Waals surface area contributed by atoms with Crippen LogP contribution < -0.4 is 10.0 Å². The molecule has 1 heterocycles. The van der Waals surface area contributed by atoms with E-state index >= 15 is 0 Å². The van der Waals surface area contributed by atoms with Gasteiger partial charge in [0.25, 0.3) is 0 Å². The van der Waals surface area contributed by atoms with Crippen molar-refractivity contribution in [2.75, 3.05) is 18.4 Å². The molecular formula is C18H27N3O5S. The first-order valence-electron chi connectivity index (χ1n) is 9.08. The Balaban J connectivity index is 2.00. The van der Waals surface area contributed by atoms with E-state index in [4.69, 9.17) is 5.11 Å². The second kappa shape index (κ2) is 9.18. The van der Waals surface area contributed by atoms with Gasteiger partial charge in [0.2, 0.25) is 10.0 Å². The van der Waals surface area contributed by atoms with E-state index in [1.807, 2.05) is 6.92 Å². The summed E-state index contributed by atoms with van der Waals surface area (Å²) < 4.78 is 27.0. The molecule has 0 aliphatic carbocycles. The Morgan fingerprint density at radius 2 is 2.11 bits per heavy atom. The number of piperidine rings is 1. The Bertz CT molecular complexity index is 781. The van der Waals surface area contributed by atoms with Crippen LogP contribution in [0, 0.1) is 5.92 Å². The number of rotatable bonds is 7. The Kier molecular flexibility index (Phi) is 7.20. The van der Waals surface area contributed by atoms with Crippen LogP contribution in [0.15, 0.2) is 24.3 Å². The lowest BCUT2D eigenvalue weighted by atomic mass is 9.99. The topological polar surface area (TPSA) is 116 Å². The Morgan fingerprint density at radius 3 is 2.78 bits per heavy atom. The molecule has 2 rings (SSSR count). The number of carboxylic acids is 1. The summed E-state index contributed by atoms with van der Waals surface area (Å²) in [6.45, 7) is 4.38. The summed E-state index contributed by atoms with van der Waals surface area (Å²) in [4.78, 5) is 25.0. The maximum absolute atomic E-state index is 12.4. The minimum atomic E-state index is -3.47. The van der Waals surface area contributed by atoms with Gasteiger partial charge >= 0.3 is 12.0 Å². The zero-order valence-electron chi connectivity index (χ0n) is 15.6. The molecule has 2 unspecified atom stereocenters. The number of hydrogen-bond acceptors (Lipinski definition) is 4. The van der Waals surface area contributed by atoms with Gasteiger partial charge in [-0.15, -0.1) is 0 Å². The standard InChI is InChI=1S/C18H27N3O5S/c1-3-13(2)20-27(25,26)12-14-6-4-8-16(10-14)19-18(24)21-9-5-7-15(11-21)17(22)23/h4,6,8,10,13,15,20H,3,5,7,9,11-12H2,1-2H3,(H,19,24)(H,22,23). The molecule has 1 aliphatic rings. The number of nitrogens with one attached hydrogen (secondary N) is 2. The largest absolute Gasteiger partial charge is 0.481 e. The van der Waals surface area contributed by atoms with Crippen LogP contribution in [-0.2, 0) is 20.6 Å². The van der Waals surface area contributed by atoms with Crippen molar-refractivity contribution in [1.29, 1.82) is 0 Å². The van der Waals surface area contributed by atoms with Crippen LogP contribution in [0.2, 0.25) is 0 Å². The third-order valence-electron chi connectivity index (χ3n) is 4.59. The van der Waals surface area contributed by atoms with Gasteiger partial charge in [0, 0.05) is 24.8 Å². The van der Waals surface area contributed by atoms with Crippen molar-refractivity contribution in [1.82, 2.24) is 9.62 Å². The third kappa shape index (κ3) is 6.51. The highest BCUT2D eigenvalue weighted by Crippen LogP contribution is 2.19. The zero-order valence-corrected chi connectivity index (χ0v) is 16.5. The predicted molar refractivity (Wildman–Crippen MR) is 103 cm³/mol. The fraction of sp³-hybridized carbons (Fsp3) is 0.556. The van der Waals surface area contributed by atoms with E-state index in [1.165, 1.54) is 4.90 Å². The summed E-state index contributed by atoms with van der Waals surface area (Å²) in [6, 6.07) is 6.14. The monoisotopic (exact) mass is 397 g/mol. The summed E-state index contributed by atoms with van der Waals surface area (Å²) >= 11 is 0. The SMILES string of the molecule is CCC(C)NS(=O)(=O)Cc1cccc(NC(=O)N2CCCC(C(=O)O)C2)c1. The van der Waals surface area contributed by atoms with Crippen molar-refractivity contribution in [3.8, 4) is 0 Å². The quantitative estimate of drug-likeness (QED) is 0.652. The van der Waals surface area contributed by atoms with Crippen LogP contribution in [0.4, 0.5) is 10.5 Å². The number of carbonyl (C=O) groups excluding carboxylic acids is 1. The third-order valence-corrected chi connectivity index (χ3v) is 6.06. The summed E-state index contributed by atoms with van der Waals surface area (Å²) in [5.41, 5.74) is 1.04. The van der Waals surface area contributed by atoms with Crippen molar-refractivity contribution in [3.63, 3.8) is 0 Å². The molecule has 1 aliphatic heterocycles. The number of benzene rings is 1. The number of aliphatic carboxylic acids is 1. The highest BCUT2D eigenvalue weighted by Gasteiger charge is 2.28. The minimum absolute atomic E-state index is 0.140. The normalized spacial score (nSPS) is 18.7. The Labute approximate surface area is 160 Å². The van der Waals surface area contributed by atoms with E-state index in [1.54, 1.807) is 31.2 Å². The summed E-state index contributed by atoms with van der Waals surface area (Å²) in [6.07, 6.45) is 1.90. The summed E-state index contributed by atoms with van der Waals surface area (Å²) in [5, 5.41) is 11.9. The average Bonchev–Trinajstić information content (AvgIpc) is 2.61. The van der Waals surface area contributed by atoms with Gasteiger partial charge in [-0.25, -0.2) is 17.9 Å². The van der Waals surface area contributed by atoms with Crippen molar-refractivity contribution in [2.24, 2.45) is 5.92 Å². The maximum Gasteiger partial charge on any atom is 0.321 e. The molecule has 8 nitrogen and oxygen atoms in total. The van der Waals surface area contributed by atoms with Crippen LogP contribution in [-0.4, -0.2) is 49.6 Å². The molecule has 0 saturated carbocycles. The Morgan fingerprint density at radius 1 is 1.37 bits per heavy atom. The molecule has 1 saturated heterocycles. The van der Waals surface area contributed by atoms with Crippen molar-refractivity contribution >= 4 is 27.7 Å². The van der Waals surface area contributed by atoms with Gasteiger partial charge in [-0.1, -0.05) is 19.1 Å². The Hall–Kier alpha value is -2.13. The number of carbonyl (C=O) groups is 2. The van der Waals surface area contributed by atoms with Gasteiger partial charge in [0.1, 0.15) is 0 Å². The van der Waals surface area contributed by atoms with Crippen LogP contribution in [0.3, 0.4) is 0 Å². The summed E-state index contributed by atoms with van der Waals surface area (Å²) in [7, 11) is -3.47. The fourth-order valence-corrected chi connectivity index (χ4v) is 4.44. The molecule has 2 amide bonds. The van der Waals surface area contributed by atoms with E-state index in [-0.39, 0.29) is 24.4 Å². The first kappa shape index (κ1) is 21.2. The molecule has 0 spiro atoms. The van der Waals surface area contributed by atoms with E-state index in [0.29, 0.717) is 37.1 Å². The molecule has 1 aromatic carbocycles. The zero-order chi connectivity index (χ0) is 20.0. The van der Waals surface area contributed by atoms with Crippen molar-refractivity contribution in [2.45, 2.75) is 44.9 Å². The first-order valence-corrected chi connectivity index (χ1v) is 10.7. The number of amides is 2. The van der Waals surface area contributed by atoms with Gasteiger partial charge in [-0.3, -0.25) is 4.79 Å². The average molecular weight is 397 g/mol. The fourth-order valence-electron chi connectivity index (χ4n) is 2.96. The minimum Gasteiger partial charge on any atom is -0.481 e. The second-order valence-electron chi connectivity index (χ2n) is 6.94. The maximum atomic E-state index is 12.4. The molecule has 9 heteroatoms. The number of sulfonamides is 1. The summed E-state index contributed by atoms with van der Waals surface area (Å²) in [5.74, 6) is -1.62. The molecular weight excluding hydrogens is 370 g/mol. The molecule has 2 atom stereocenters. The van der Waals surface area contributed by atoms with Gasteiger partial charge in [-0.05, 0) is 43.9 Å². The highest BCUT2D eigenvalue weighted by molar-refractivity contribution is 7.88. The molecule has 3 N–H and O–H groups in total. The lowest BCUT2D eigenvalue weighted by Crippen LogP contribution is -2.44. The van der Waals surface area contributed by atoms with Crippen LogP contribution >= 0.6 is 0 Å². The van der Waals surface area contributed by atoms with E-state index < -0.39 is 21.9 Å². The smallest absolute Gasteiger partial charge is 0.321 e. The molecule has 1 fully saturated rings. The van der Waals surface area contributed by atoms with Crippen LogP contribution in [0.25, 0.3) is 0 Å². The van der Waals surface area contributed by atoms with Crippen LogP contribution in [0.5, 0.6) is 0 Å². The molecule has 0 bridgehead atoms. The number of anilines is 1. The number of carboxylic acid groups (broad SMARTS) is 1. The number of nitrogens with zero attached hydrogens (tertiary/aromatic N) is 1. The molecule has 150 valence electrons. The second-order valence-corrected chi connectivity index (χ2v) is 8.69. The number of hydrogen-bond donors (Lipinski definition) is 3. The van der Waals surface area contributed by atoms with Gasteiger partial charge in [0.15, 0.2) is 0 Å². The molecule has 0 radical (unpaired) electrons. The van der Waals surface area contributed by atoms with E-state index in [2.05, 4.69) is 10.0 Å². The molecule has 27 heavy (non-hydrogen) atoms. The predicted octanol–water partition coefficient (Wildman–Crippen LogP) is 2.23. The lowest BCUT2D eigenvalue weighted by molar-refractivity contribution is -0.143. The van der Waals surface area contributed by atoms with Crippen molar-refractivity contribution in [3.05, 3.63) is 29.8 Å². The molecule has 0 aromatic heterocycles. The number of likely N-dealkylation sites (tertiary alicyclic amines) is 1. The van der Waals surface area contributed by atoms with Gasteiger partial charge in [-0.2, -0.15) is 0 Å². The lowest BCUT2D eigenvalue weighted by Gasteiger charge is -2.30. The van der Waals surface area contributed by atoms with Gasteiger partial charge in [0.05, 0.1) is 11.7 Å². The first-order chi connectivity index (χ1) is 12.7. The molecule has 1 aromatic rings. The highest BCUT2D eigenvalue weighted by atomic mass is 32.2. The van der Waals surface area contributed by atoms with Crippen molar-refractivity contribution < 1.29 is 23.1 Å². The van der Waals surface area contributed by atoms with E-state index in [9.17, 15) is 18.0 Å². The van der Waals surface area contributed by atoms with Crippen LogP contribution in [0.1, 0.15) is 38.7 Å².